The zero-order chi connectivity index (χ0) is 14.4. The van der Waals surface area contributed by atoms with E-state index >= 15 is 0 Å². The van der Waals surface area contributed by atoms with Crippen molar-refractivity contribution in [1.82, 2.24) is 4.90 Å². The molecule has 1 aromatic carbocycles. The number of aliphatic hydroxyl groups is 1. The van der Waals surface area contributed by atoms with Crippen molar-refractivity contribution in [3.63, 3.8) is 0 Å². The van der Waals surface area contributed by atoms with E-state index in [1.165, 1.54) is 5.56 Å². The van der Waals surface area contributed by atoms with E-state index in [1.54, 1.807) is 0 Å². The van der Waals surface area contributed by atoms with E-state index in [0.717, 1.165) is 25.8 Å². The molecular weight excluding hydrogens is 248 g/mol. The lowest BCUT2D eigenvalue weighted by molar-refractivity contribution is 0.100. The van der Waals surface area contributed by atoms with Crippen molar-refractivity contribution in [2.75, 3.05) is 19.7 Å². The van der Waals surface area contributed by atoms with Crippen molar-refractivity contribution in [2.24, 2.45) is 5.92 Å². The first-order valence-electron chi connectivity index (χ1n) is 7.59. The number of rotatable bonds is 5. The lowest BCUT2D eigenvalue weighted by Crippen LogP contribution is -2.44. The number of hydrogen-bond donors (Lipinski definition) is 1. The Bertz CT molecular complexity index is 440. The minimum Gasteiger partial charge on any atom is -0.395 e. The largest absolute Gasteiger partial charge is 0.395 e. The molecule has 0 bridgehead atoms. The summed E-state index contributed by atoms with van der Waals surface area (Å²) in [6.07, 6.45) is 3.08. The molecule has 3 unspecified atom stereocenters. The van der Waals surface area contributed by atoms with Crippen LogP contribution in [0, 0.1) is 17.2 Å². The van der Waals surface area contributed by atoms with Crippen molar-refractivity contribution >= 4 is 0 Å². The van der Waals surface area contributed by atoms with E-state index in [4.69, 9.17) is 0 Å². The van der Waals surface area contributed by atoms with Crippen LogP contribution in [0.2, 0.25) is 0 Å². The van der Waals surface area contributed by atoms with E-state index in [2.05, 4.69) is 42.2 Å². The van der Waals surface area contributed by atoms with Gasteiger partial charge in [0, 0.05) is 12.6 Å². The van der Waals surface area contributed by atoms with Gasteiger partial charge in [-0.05, 0) is 37.3 Å². The van der Waals surface area contributed by atoms with Gasteiger partial charge in [0.25, 0.3) is 0 Å². The van der Waals surface area contributed by atoms with Crippen molar-refractivity contribution in [2.45, 2.75) is 38.1 Å². The first-order valence-corrected chi connectivity index (χ1v) is 7.59. The van der Waals surface area contributed by atoms with Crippen LogP contribution in [-0.2, 0) is 0 Å². The Morgan fingerprint density at radius 2 is 2.05 bits per heavy atom. The van der Waals surface area contributed by atoms with Gasteiger partial charge in [-0.15, -0.1) is 0 Å². The number of aliphatic hydroxyl groups excluding tert-OH is 1. The molecule has 1 aliphatic carbocycles. The Labute approximate surface area is 121 Å². The number of likely N-dealkylation sites (N-methyl/N-ethyl adjacent to an activating group) is 1. The molecule has 3 nitrogen and oxygen atoms in total. The van der Waals surface area contributed by atoms with Crippen LogP contribution < -0.4 is 0 Å². The topological polar surface area (TPSA) is 47.3 Å². The van der Waals surface area contributed by atoms with Gasteiger partial charge in [0.15, 0.2) is 0 Å². The van der Waals surface area contributed by atoms with Gasteiger partial charge in [-0.2, -0.15) is 5.26 Å². The van der Waals surface area contributed by atoms with Gasteiger partial charge in [0.05, 0.1) is 18.6 Å². The first-order chi connectivity index (χ1) is 9.80. The lowest BCUT2D eigenvalue weighted by atomic mass is 9.75. The van der Waals surface area contributed by atoms with Crippen LogP contribution in [0.4, 0.5) is 0 Å². The molecule has 1 fully saturated rings. The summed E-state index contributed by atoms with van der Waals surface area (Å²) in [6, 6.07) is 13.4. The van der Waals surface area contributed by atoms with Crippen LogP contribution in [0.5, 0.6) is 0 Å². The normalized spacial score (nSPS) is 26.4. The molecule has 1 aliphatic rings. The van der Waals surface area contributed by atoms with Crippen LogP contribution >= 0.6 is 0 Å². The standard InChI is InChI=1S/C17H24N2O/c1-2-19(10-11-20)17-12-15(8-9-16(17)13-18)14-6-4-3-5-7-14/h3-7,15-17,20H,2,8-12H2,1H3. The van der Waals surface area contributed by atoms with Gasteiger partial charge >= 0.3 is 0 Å². The van der Waals surface area contributed by atoms with Gasteiger partial charge in [-0.3, -0.25) is 4.90 Å². The molecule has 3 atom stereocenters. The number of benzene rings is 1. The maximum Gasteiger partial charge on any atom is 0.0672 e. The molecule has 3 heteroatoms. The Morgan fingerprint density at radius 3 is 2.65 bits per heavy atom. The Hall–Kier alpha value is -1.37. The third kappa shape index (κ3) is 3.39. The molecule has 2 rings (SSSR count). The van der Waals surface area contributed by atoms with E-state index in [-0.39, 0.29) is 18.6 Å². The molecule has 20 heavy (non-hydrogen) atoms. The highest BCUT2D eigenvalue weighted by Crippen LogP contribution is 2.37. The molecular formula is C17H24N2O. The molecule has 0 radical (unpaired) electrons. The molecule has 0 spiro atoms. The summed E-state index contributed by atoms with van der Waals surface area (Å²) in [4.78, 5) is 2.27. The number of hydrogen-bond acceptors (Lipinski definition) is 3. The van der Waals surface area contributed by atoms with Crippen molar-refractivity contribution in [3.05, 3.63) is 35.9 Å². The third-order valence-corrected chi connectivity index (χ3v) is 4.52. The molecule has 1 saturated carbocycles. The second kappa shape index (κ2) is 7.42. The summed E-state index contributed by atoms with van der Waals surface area (Å²) in [6.45, 7) is 3.83. The summed E-state index contributed by atoms with van der Waals surface area (Å²) >= 11 is 0. The molecule has 1 aromatic rings. The summed E-state index contributed by atoms with van der Waals surface area (Å²) in [7, 11) is 0. The second-order valence-electron chi connectivity index (χ2n) is 5.58. The minimum atomic E-state index is 0.0986. The summed E-state index contributed by atoms with van der Waals surface area (Å²) in [5.74, 6) is 0.639. The number of nitrogens with zero attached hydrogens (tertiary/aromatic N) is 2. The van der Waals surface area contributed by atoms with E-state index in [1.807, 2.05) is 6.07 Å². The first kappa shape index (κ1) is 15.0. The SMILES string of the molecule is CCN(CCO)C1CC(c2ccccc2)CCC1C#N. The van der Waals surface area contributed by atoms with Crippen molar-refractivity contribution in [1.29, 1.82) is 5.26 Å². The van der Waals surface area contributed by atoms with Crippen LogP contribution in [-0.4, -0.2) is 35.7 Å². The highest BCUT2D eigenvalue weighted by molar-refractivity contribution is 5.21. The molecule has 0 aromatic heterocycles. The van der Waals surface area contributed by atoms with E-state index in [0.29, 0.717) is 12.5 Å². The fraction of sp³-hybridized carbons (Fsp3) is 0.588. The Morgan fingerprint density at radius 1 is 1.30 bits per heavy atom. The van der Waals surface area contributed by atoms with Crippen molar-refractivity contribution < 1.29 is 5.11 Å². The van der Waals surface area contributed by atoms with E-state index < -0.39 is 0 Å². The van der Waals surface area contributed by atoms with Gasteiger partial charge in [0.1, 0.15) is 0 Å². The van der Waals surface area contributed by atoms with Gasteiger partial charge in [-0.1, -0.05) is 37.3 Å². The quantitative estimate of drug-likeness (QED) is 0.896. The predicted molar refractivity (Wildman–Crippen MR) is 80.3 cm³/mol. The monoisotopic (exact) mass is 272 g/mol. The summed E-state index contributed by atoms with van der Waals surface area (Å²) in [5.41, 5.74) is 1.38. The second-order valence-corrected chi connectivity index (χ2v) is 5.58. The number of nitriles is 1. The Kier molecular flexibility index (Phi) is 5.58. The minimum absolute atomic E-state index is 0.0986. The molecule has 108 valence electrons. The van der Waals surface area contributed by atoms with Crippen LogP contribution in [0.15, 0.2) is 30.3 Å². The molecule has 1 N–H and O–H groups in total. The molecule has 0 aliphatic heterocycles. The summed E-state index contributed by atoms with van der Waals surface area (Å²) < 4.78 is 0. The maximum absolute atomic E-state index is 9.39. The smallest absolute Gasteiger partial charge is 0.0672 e. The van der Waals surface area contributed by atoms with Crippen LogP contribution in [0.25, 0.3) is 0 Å². The average molecular weight is 272 g/mol. The van der Waals surface area contributed by atoms with Crippen LogP contribution in [0.3, 0.4) is 0 Å². The zero-order valence-corrected chi connectivity index (χ0v) is 12.2. The maximum atomic E-state index is 9.39. The highest BCUT2D eigenvalue weighted by atomic mass is 16.3. The molecule has 0 saturated heterocycles. The predicted octanol–water partition coefficient (Wildman–Crippen LogP) is 2.78. The van der Waals surface area contributed by atoms with Gasteiger partial charge < -0.3 is 5.11 Å². The summed E-state index contributed by atoms with van der Waals surface area (Å²) in [5, 5.41) is 18.6. The molecule has 0 amide bonds. The fourth-order valence-electron chi connectivity index (χ4n) is 3.42. The average Bonchev–Trinajstić information content (AvgIpc) is 2.53. The van der Waals surface area contributed by atoms with E-state index in [9.17, 15) is 10.4 Å². The van der Waals surface area contributed by atoms with Gasteiger partial charge in [-0.25, -0.2) is 0 Å². The van der Waals surface area contributed by atoms with Crippen LogP contribution in [0.1, 0.15) is 37.7 Å². The Balaban J connectivity index is 2.13. The highest BCUT2D eigenvalue weighted by Gasteiger charge is 2.34. The third-order valence-electron chi connectivity index (χ3n) is 4.52. The van der Waals surface area contributed by atoms with Gasteiger partial charge in [0.2, 0.25) is 0 Å². The lowest BCUT2D eigenvalue weighted by Gasteiger charge is -2.39. The fourth-order valence-corrected chi connectivity index (χ4v) is 3.42. The van der Waals surface area contributed by atoms with Crippen molar-refractivity contribution in [3.8, 4) is 6.07 Å². The molecule has 0 heterocycles. The zero-order valence-electron chi connectivity index (χ0n) is 12.2.